The molecule has 28 heavy (non-hydrogen) atoms. The largest absolute Gasteiger partial charge is 0.507 e. The summed E-state index contributed by atoms with van der Waals surface area (Å²) < 4.78 is 14.4. The summed E-state index contributed by atoms with van der Waals surface area (Å²) in [7, 11) is 0. The maximum absolute atomic E-state index is 14.4. The van der Waals surface area contributed by atoms with Gasteiger partial charge >= 0.3 is 0 Å². The van der Waals surface area contributed by atoms with Gasteiger partial charge in [-0.25, -0.2) is 9.37 Å². The first-order chi connectivity index (χ1) is 13.5. The molecule has 2 atom stereocenters. The maximum Gasteiger partial charge on any atom is 0.185 e. The SMILES string of the molecule is CC[C@@]1(C)CC[C@@H](F)/C(=C\c2cnc(-c3cc4ccncc4cc3O)nn2)C1. The van der Waals surface area contributed by atoms with E-state index in [9.17, 15) is 9.50 Å². The van der Waals surface area contributed by atoms with E-state index in [2.05, 4.69) is 34.0 Å². The van der Waals surface area contributed by atoms with Crippen molar-refractivity contribution in [1.82, 2.24) is 20.2 Å². The van der Waals surface area contributed by atoms with Gasteiger partial charge < -0.3 is 5.11 Å². The van der Waals surface area contributed by atoms with Crippen LogP contribution >= 0.6 is 0 Å². The summed E-state index contributed by atoms with van der Waals surface area (Å²) in [5.41, 5.74) is 1.94. The normalized spacial score (nSPS) is 24.0. The molecule has 0 radical (unpaired) electrons. The predicted molar refractivity (Wildman–Crippen MR) is 107 cm³/mol. The molecule has 1 fully saturated rings. The van der Waals surface area contributed by atoms with Crippen LogP contribution in [0.25, 0.3) is 28.2 Å². The van der Waals surface area contributed by atoms with Crippen molar-refractivity contribution in [2.75, 3.05) is 0 Å². The molecule has 2 aromatic heterocycles. The van der Waals surface area contributed by atoms with E-state index in [4.69, 9.17) is 0 Å². The Labute approximate surface area is 163 Å². The molecule has 1 aromatic carbocycles. The van der Waals surface area contributed by atoms with E-state index in [1.807, 2.05) is 12.1 Å². The van der Waals surface area contributed by atoms with Crippen molar-refractivity contribution < 1.29 is 9.50 Å². The second-order valence-corrected chi connectivity index (χ2v) is 7.87. The maximum atomic E-state index is 14.4. The van der Waals surface area contributed by atoms with E-state index in [0.717, 1.165) is 35.6 Å². The third kappa shape index (κ3) is 3.59. The van der Waals surface area contributed by atoms with E-state index in [1.54, 1.807) is 30.7 Å². The van der Waals surface area contributed by atoms with Crippen molar-refractivity contribution in [1.29, 1.82) is 0 Å². The summed E-state index contributed by atoms with van der Waals surface area (Å²) in [6, 6.07) is 5.31. The predicted octanol–water partition coefficient (Wildman–Crippen LogP) is 5.11. The van der Waals surface area contributed by atoms with Gasteiger partial charge in [-0.05, 0) is 59.9 Å². The first kappa shape index (κ1) is 18.5. The molecule has 0 aliphatic heterocycles. The number of phenols is 1. The lowest BCUT2D eigenvalue weighted by Gasteiger charge is -2.35. The molecule has 1 aliphatic carbocycles. The minimum Gasteiger partial charge on any atom is -0.507 e. The van der Waals surface area contributed by atoms with Gasteiger partial charge in [0, 0.05) is 17.8 Å². The summed E-state index contributed by atoms with van der Waals surface area (Å²) in [6.45, 7) is 4.36. The number of allylic oxidation sites excluding steroid dienone is 1. The molecular weight excluding hydrogens is 355 g/mol. The van der Waals surface area contributed by atoms with Gasteiger partial charge in [0.2, 0.25) is 0 Å². The molecule has 6 heteroatoms. The molecule has 4 rings (SSSR count). The van der Waals surface area contributed by atoms with Crippen molar-refractivity contribution in [2.45, 2.75) is 45.7 Å². The number of pyridine rings is 1. The summed E-state index contributed by atoms with van der Waals surface area (Å²) in [6.07, 6.45) is 9.01. The molecule has 1 aliphatic rings. The number of benzene rings is 1. The van der Waals surface area contributed by atoms with Crippen molar-refractivity contribution >= 4 is 16.8 Å². The Morgan fingerprint density at radius 2 is 2.11 bits per heavy atom. The van der Waals surface area contributed by atoms with Crippen molar-refractivity contribution in [3.05, 3.63) is 48.1 Å². The molecule has 3 aromatic rings. The van der Waals surface area contributed by atoms with E-state index < -0.39 is 6.17 Å². The van der Waals surface area contributed by atoms with Gasteiger partial charge in [0.1, 0.15) is 17.6 Å². The fourth-order valence-corrected chi connectivity index (χ4v) is 3.76. The number of fused-ring (bicyclic) bond motifs is 1. The zero-order valence-electron chi connectivity index (χ0n) is 16.1. The highest BCUT2D eigenvalue weighted by Gasteiger charge is 2.32. The average Bonchev–Trinajstić information content (AvgIpc) is 2.71. The number of hydrogen-bond acceptors (Lipinski definition) is 5. The highest BCUT2D eigenvalue weighted by Crippen LogP contribution is 2.43. The Bertz CT molecular complexity index is 1030. The number of rotatable bonds is 3. The fourth-order valence-electron chi connectivity index (χ4n) is 3.76. The first-order valence-electron chi connectivity index (χ1n) is 9.59. The molecule has 0 unspecified atom stereocenters. The van der Waals surface area contributed by atoms with Gasteiger partial charge in [-0.1, -0.05) is 20.3 Å². The molecule has 0 amide bonds. The van der Waals surface area contributed by atoms with Gasteiger partial charge in [0.25, 0.3) is 0 Å². The highest BCUT2D eigenvalue weighted by atomic mass is 19.1. The molecule has 144 valence electrons. The minimum atomic E-state index is -0.931. The summed E-state index contributed by atoms with van der Waals surface area (Å²) in [4.78, 5) is 8.40. The Morgan fingerprint density at radius 1 is 1.25 bits per heavy atom. The van der Waals surface area contributed by atoms with Crippen LogP contribution in [0.4, 0.5) is 4.39 Å². The van der Waals surface area contributed by atoms with Crippen molar-refractivity contribution in [3.63, 3.8) is 0 Å². The minimum absolute atomic E-state index is 0.0724. The van der Waals surface area contributed by atoms with Gasteiger partial charge in [-0.15, -0.1) is 10.2 Å². The first-order valence-corrected chi connectivity index (χ1v) is 9.59. The second-order valence-electron chi connectivity index (χ2n) is 7.87. The number of aromatic nitrogens is 4. The van der Waals surface area contributed by atoms with Crippen LogP contribution in [0, 0.1) is 5.41 Å². The second kappa shape index (κ2) is 7.26. The smallest absolute Gasteiger partial charge is 0.185 e. The van der Waals surface area contributed by atoms with Crippen molar-refractivity contribution in [2.24, 2.45) is 5.41 Å². The lowest BCUT2D eigenvalue weighted by Crippen LogP contribution is -2.26. The van der Waals surface area contributed by atoms with Crippen molar-refractivity contribution in [3.8, 4) is 17.1 Å². The Kier molecular flexibility index (Phi) is 4.79. The van der Waals surface area contributed by atoms with Crippen LogP contribution < -0.4 is 0 Å². The van der Waals surface area contributed by atoms with E-state index in [0.29, 0.717) is 23.5 Å². The highest BCUT2D eigenvalue weighted by molar-refractivity contribution is 5.88. The molecule has 1 saturated carbocycles. The van der Waals surface area contributed by atoms with Crippen LogP contribution in [0.3, 0.4) is 0 Å². The van der Waals surface area contributed by atoms with Gasteiger partial charge in [-0.2, -0.15) is 0 Å². The van der Waals surface area contributed by atoms with Crippen LogP contribution in [0.2, 0.25) is 0 Å². The molecule has 2 heterocycles. The van der Waals surface area contributed by atoms with Gasteiger partial charge in [0.15, 0.2) is 5.82 Å². The van der Waals surface area contributed by atoms with Crippen LogP contribution in [-0.2, 0) is 0 Å². The summed E-state index contributed by atoms with van der Waals surface area (Å²) in [5.74, 6) is 0.403. The van der Waals surface area contributed by atoms with Crippen LogP contribution in [0.5, 0.6) is 5.75 Å². The van der Waals surface area contributed by atoms with Gasteiger partial charge in [-0.3, -0.25) is 4.98 Å². The molecule has 1 N–H and O–H groups in total. The van der Waals surface area contributed by atoms with E-state index in [-0.39, 0.29) is 11.2 Å². The monoisotopic (exact) mass is 378 g/mol. The number of aromatic hydroxyl groups is 1. The van der Waals surface area contributed by atoms with Crippen LogP contribution in [-0.4, -0.2) is 31.4 Å². The standard InChI is InChI=1S/C22H23FN4O/c1-3-22(2)6-4-19(23)15(11-22)8-17-13-25-21(27-26-17)18-9-14-5-7-24-12-16(14)10-20(18)28/h5,7-10,12-13,19,28H,3-4,6,11H2,1-2H3/b15-8-/t19-,22+/m1/s1. The molecule has 0 bridgehead atoms. The molecular formula is C22H23FN4O. The number of phenolic OH excluding ortho intramolecular Hbond substituents is 1. The number of nitrogens with zero attached hydrogens (tertiary/aromatic N) is 4. The molecule has 0 spiro atoms. The van der Waals surface area contributed by atoms with E-state index >= 15 is 0 Å². The summed E-state index contributed by atoms with van der Waals surface area (Å²) in [5, 5.41) is 20.4. The molecule has 5 nitrogen and oxygen atoms in total. The Balaban J connectivity index is 1.63. The van der Waals surface area contributed by atoms with Gasteiger partial charge in [0.05, 0.1) is 11.8 Å². The third-order valence-electron chi connectivity index (χ3n) is 5.80. The lowest BCUT2D eigenvalue weighted by molar-refractivity contribution is 0.186. The fraction of sp³-hybridized carbons (Fsp3) is 0.364. The molecule has 0 saturated heterocycles. The van der Waals surface area contributed by atoms with E-state index in [1.165, 1.54) is 0 Å². The number of halogens is 1. The van der Waals surface area contributed by atoms with Crippen LogP contribution in [0.1, 0.15) is 45.2 Å². The average molecular weight is 378 g/mol. The zero-order valence-corrected chi connectivity index (χ0v) is 16.1. The lowest BCUT2D eigenvalue weighted by atomic mass is 9.71. The Morgan fingerprint density at radius 3 is 2.86 bits per heavy atom. The quantitative estimate of drug-likeness (QED) is 0.685. The zero-order chi connectivity index (χ0) is 19.7. The summed E-state index contributed by atoms with van der Waals surface area (Å²) >= 11 is 0. The third-order valence-corrected chi connectivity index (χ3v) is 5.80. The topological polar surface area (TPSA) is 71.8 Å². The Hall–Kier alpha value is -2.89. The number of alkyl halides is 1. The van der Waals surface area contributed by atoms with Crippen LogP contribution in [0.15, 0.2) is 42.4 Å². The number of hydrogen-bond donors (Lipinski definition) is 1.